The molecule has 0 bridgehead atoms. The molecule has 0 saturated carbocycles. The van der Waals surface area contributed by atoms with Gasteiger partial charge in [0.15, 0.2) is 0 Å². The van der Waals surface area contributed by atoms with E-state index in [1.807, 2.05) is 0 Å². The van der Waals surface area contributed by atoms with Crippen molar-refractivity contribution in [3.8, 4) is 0 Å². The van der Waals surface area contributed by atoms with E-state index >= 15 is 0 Å². The van der Waals surface area contributed by atoms with Gasteiger partial charge in [-0.2, -0.15) is 0 Å². The molecule has 0 heteroatoms. The van der Waals surface area contributed by atoms with Crippen LogP contribution in [0.4, 0.5) is 0 Å². The van der Waals surface area contributed by atoms with Crippen LogP contribution in [-0.4, -0.2) is 0 Å². The Balaban J connectivity index is 4.01. The Labute approximate surface area is 71.7 Å². The van der Waals surface area contributed by atoms with Gasteiger partial charge >= 0.3 is 0 Å². The summed E-state index contributed by atoms with van der Waals surface area (Å²) in [4.78, 5) is 0. The summed E-state index contributed by atoms with van der Waals surface area (Å²) < 4.78 is 0. The minimum atomic E-state index is 0.734. The fourth-order valence-electron chi connectivity index (χ4n) is 1.29. The maximum atomic E-state index is 2.38. The molecule has 0 aromatic heterocycles. The van der Waals surface area contributed by atoms with Crippen molar-refractivity contribution < 1.29 is 0 Å². The molecule has 0 fully saturated rings. The highest BCUT2D eigenvalue weighted by Crippen LogP contribution is 2.19. The van der Waals surface area contributed by atoms with Crippen LogP contribution in [0.25, 0.3) is 0 Å². The second kappa shape index (κ2) is 5.40. The van der Waals surface area contributed by atoms with Gasteiger partial charge in [-0.3, -0.25) is 0 Å². The summed E-state index contributed by atoms with van der Waals surface area (Å²) in [6.45, 7) is 11.3. The Morgan fingerprint density at radius 3 is 2.00 bits per heavy atom. The first-order valence-corrected chi connectivity index (χ1v) is 4.76. The van der Waals surface area contributed by atoms with E-state index in [1.165, 1.54) is 12.8 Å². The Morgan fingerprint density at radius 1 is 1.18 bits per heavy atom. The highest BCUT2D eigenvalue weighted by molar-refractivity contribution is 5.04. The van der Waals surface area contributed by atoms with Gasteiger partial charge in [0.2, 0.25) is 0 Å². The summed E-state index contributed by atoms with van der Waals surface area (Å²) in [5.41, 5.74) is 1.63. The van der Waals surface area contributed by atoms with Gasteiger partial charge in [0.05, 0.1) is 0 Å². The van der Waals surface area contributed by atoms with Gasteiger partial charge in [-0.15, -0.1) is 0 Å². The van der Waals surface area contributed by atoms with Gasteiger partial charge in [0.1, 0.15) is 0 Å². The van der Waals surface area contributed by atoms with Crippen LogP contribution in [0.2, 0.25) is 0 Å². The lowest BCUT2D eigenvalue weighted by Crippen LogP contribution is -1.98. The summed E-state index contributed by atoms with van der Waals surface area (Å²) in [5, 5.41) is 0. The molecule has 0 saturated heterocycles. The van der Waals surface area contributed by atoms with Crippen molar-refractivity contribution in [3.63, 3.8) is 0 Å². The zero-order valence-electron chi connectivity index (χ0n) is 8.65. The Morgan fingerprint density at radius 2 is 1.73 bits per heavy atom. The Hall–Kier alpha value is -0.260. The quantitative estimate of drug-likeness (QED) is 0.536. The van der Waals surface area contributed by atoms with Crippen molar-refractivity contribution in [2.75, 3.05) is 0 Å². The number of rotatable bonds is 4. The number of allylic oxidation sites excluding steroid dienone is 2. The fraction of sp³-hybridized carbons (Fsp3) is 0.818. The smallest absolute Gasteiger partial charge is 0.0260 e. The van der Waals surface area contributed by atoms with Gasteiger partial charge in [-0.05, 0) is 24.7 Å². The van der Waals surface area contributed by atoms with Crippen LogP contribution in [0, 0.1) is 11.8 Å². The van der Waals surface area contributed by atoms with Crippen molar-refractivity contribution >= 4 is 0 Å². The average molecular weight is 154 g/mol. The molecule has 0 aliphatic rings. The highest BCUT2D eigenvalue weighted by Gasteiger charge is 2.04. The first kappa shape index (κ1) is 10.7. The molecule has 0 N–H and O–H groups in total. The maximum Gasteiger partial charge on any atom is -0.0260 e. The molecule has 0 heterocycles. The van der Waals surface area contributed by atoms with Crippen LogP contribution in [0.3, 0.4) is 0 Å². The second-order valence-electron chi connectivity index (χ2n) is 3.94. The van der Waals surface area contributed by atoms with E-state index in [0.29, 0.717) is 0 Å². The predicted octanol–water partition coefficient (Wildman–Crippen LogP) is 4.02. The van der Waals surface area contributed by atoms with E-state index < -0.39 is 0 Å². The number of hydrogen-bond donors (Lipinski definition) is 0. The molecule has 0 nitrogen and oxygen atoms in total. The lowest BCUT2D eigenvalue weighted by molar-refractivity contribution is 0.584. The zero-order valence-corrected chi connectivity index (χ0v) is 8.65. The van der Waals surface area contributed by atoms with Gasteiger partial charge < -0.3 is 0 Å². The molecular formula is C11H22. The zero-order chi connectivity index (χ0) is 8.85. The molecule has 0 rings (SSSR count). The summed E-state index contributed by atoms with van der Waals surface area (Å²) in [7, 11) is 0. The third kappa shape index (κ3) is 5.06. The summed E-state index contributed by atoms with van der Waals surface area (Å²) in [6.07, 6.45) is 4.83. The molecule has 0 aromatic carbocycles. The van der Waals surface area contributed by atoms with Gasteiger partial charge in [0, 0.05) is 0 Å². The molecule has 0 spiro atoms. The molecular weight excluding hydrogens is 132 g/mol. The minimum absolute atomic E-state index is 0.734. The molecule has 0 aliphatic heterocycles. The highest BCUT2D eigenvalue weighted by atomic mass is 14.1. The third-order valence-electron chi connectivity index (χ3n) is 1.85. The van der Waals surface area contributed by atoms with E-state index in [1.54, 1.807) is 5.57 Å². The predicted molar refractivity (Wildman–Crippen MR) is 52.7 cm³/mol. The molecule has 0 amide bonds. The van der Waals surface area contributed by atoms with E-state index in [4.69, 9.17) is 0 Å². The molecule has 0 atom stereocenters. The summed E-state index contributed by atoms with van der Waals surface area (Å²) in [5.74, 6) is 1.53. The van der Waals surface area contributed by atoms with Crippen LogP contribution in [-0.2, 0) is 0 Å². The van der Waals surface area contributed by atoms with E-state index in [-0.39, 0.29) is 0 Å². The monoisotopic (exact) mass is 154 g/mol. The first-order valence-electron chi connectivity index (χ1n) is 4.76. The van der Waals surface area contributed by atoms with Gasteiger partial charge in [-0.25, -0.2) is 0 Å². The molecule has 0 aromatic rings. The fourth-order valence-corrected chi connectivity index (χ4v) is 1.29. The Bertz CT molecular complexity index is 118. The van der Waals surface area contributed by atoms with Crippen molar-refractivity contribution in [1.82, 2.24) is 0 Å². The van der Waals surface area contributed by atoms with Crippen LogP contribution in [0.5, 0.6) is 0 Å². The van der Waals surface area contributed by atoms with E-state index in [9.17, 15) is 0 Å². The van der Waals surface area contributed by atoms with Crippen LogP contribution < -0.4 is 0 Å². The summed E-state index contributed by atoms with van der Waals surface area (Å²) >= 11 is 0. The van der Waals surface area contributed by atoms with Crippen molar-refractivity contribution in [3.05, 3.63) is 11.6 Å². The molecule has 66 valence electrons. The average Bonchev–Trinajstić information content (AvgIpc) is 1.86. The van der Waals surface area contributed by atoms with Crippen molar-refractivity contribution in [1.29, 1.82) is 0 Å². The molecule has 0 radical (unpaired) electrons. The largest absolute Gasteiger partial charge is 0.0853 e. The van der Waals surface area contributed by atoms with E-state index in [2.05, 4.69) is 40.7 Å². The Kier molecular flexibility index (Phi) is 5.27. The SMILES string of the molecule is CCC=C(CC(C)C)C(C)C. The topological polar surface area (TPSA) is 0 Å². The van der Waals surface area contributed by atoms with E-state index in [0.717, 1.165) is 11.8 Å². The van der Waals surface area contributed by atoms with Crippen LogP contribution in [0.15, 0.2) is 11.6 Å². The lowest BCUT2D eigenvalue weighted by atomic mass is 9.93. The van der Waals surface area contributed by atoms with Crippen LogP contribution in [0.1, 0.15) is 47.5 Å². The van der Waals surface area contributed by atoms with Gasteiger partial charge in [0.25, 0.3) is 0 Å². The first-order chi connectivity index (χ1) is 5.07. The van der Waals surface area contributed by atoms with Gasteiger partial charge in [-0.1, -0.05) is 46.3 Å². The number of hydrogen-bond acceptors (Lipinski definition) is 0. The third-order valence-corrected chi connectivity index (χ3v) is 1.85. The van der Waals surface area contributed by atoms with Crippen LogP contribution >= 0.6 is 0 Å². The summed E-state index contributed by atoms with van der Waals surface area (Å²) in [6, 6.07) is 0. The molecule has 0 aliphatic carbocycles. The maximum absolute atomic E-state index is 2.38. The molecule has 0 unspecified atom stereocenters. The van der Waals surface area contributed by atoms with Crippen molar-refractivity contribution in [2.45, 2.75) is 47.5 Å². The van der Waals surface area contributed by atoms with Crippen molar-refractivity contribution in [2.24, 2.45) is 11.8 Å². The lowest BCUT2D eigenvalue weighted by Gasteiger charge is -2.13. The second-order valence-corrected chi connectivity index (χ2v) is 3.94. The minimum Gasteiger partial charge on any atom is -0.0853 e. The normalized spacial score (nSPS) is 13.2. The molecule has 11 heavy (non-hydrogen) atoms. The standard InChI is InChI=1S/C11H22/c1-6-7-11(10(4)5)8-9(2)3/h7,9-10H,6,8H2,1-5H3.